The maximum atomic E-state index is 13.5. The molecule has 0 unspecified atom stereocenters. The number of hydrogen-bond acceptors (Lipinski definition) is 5. The van der Waals surface area contributed by atoms with Crippen LogP contribution >= 0.6 is 15.9 Å². The minimum Gasteiger partial charge on any atom is -0.496 e. The second kappa shape index (κ2) is 6.69. The molecule has 2 aromatic rings. The zero-order chi connectivity index (χ0) is 19.4. The molecular weight excluding hydrogens is 422 g/mol. The van der Waals surface area contributed by atoms with Crippen molar-refractivity contribution in [3.8, 4) is 5.75 Å². The summed E-state index contributed by atoms with van der Waals surface area (Å²) in [6.45, 7) is 1.63. The van der Waals surface area contributed by atoms with Crippen LogP contribution in [0.5, 0.6) is 5.75 Å². The highest BCUT2D eigenvalue weighted by molar-refractivity contribution is 9.10. The average Bonchev–Trinajstić information content (AvgIpc) is 3.35. The summed E-state index contributed by atoms with van der Waals surface area (Å²) in [5.74, 6) is 0.0411. The zero-order valence-corrected chi connectivity index (χ0v) is 17.0. The van der Waals surface area contributed by atoms with Crippen LogP contribution in [0.3, 0.4) is 0 Å². The third kappa shape index (κ3) is 2.46. The minimum atomic E-state index is -0.450. The van der Waals surface area contributed by atoms with E-state index in [1.807, 2.05) is 36.4 Å². The molecule has 3 aliphatic rings. The van der Waals surface area contributed by atoms with Gasteiger partial charge in [-0.15, -0.1) is 0 Å². The van der Waals surface area contributed by atoms with Gasteiger partial charge in [-0.1, -0.05) is 34.1 Å². The lowest BCUT2D eigenvalue weighted by Crippen LogP contribution is -2.44. The first-order valence-electron chi connectivity index (χ1n) is 9.41. The lowest BCUT2D eigenvalue weighted by atomic mass is 9.89. The largest absolute Gasteiger partial charge is 0.496 e. The second-order valence-electron chi connectivity index (χ2n) is 7.33. The average molecular weight is 442 g/mol. The Morgan fingerprint density at radius 1 is 0.929 bits per heavy atom. The van der Waals surface area contributed by atoms with Crippen molar-refractivity contribution >= 4 is 33.4 Å². The highest BCUT2D eigenvalue weighted by atomic mass is 79.9. The minimum absolute atomic E-state index is 0.136. The Kier molecular flexibility index (Phi) is 4.26. The fraction of sp³-hybridized carbons (Fsp3) is 0.333. The molecular formula is C21H20BrN3O3. The molecule has 0 spiro atoms. The molecule has 0 saturated carbocycles. The van der Waals surface area contributed by atoms with Crippen molar-refractivity contribution in [3.05, 3.63) is 58.6 Å². The summed E-state index contributed by atoms with van der Waals surface area (Å²) in [5, 5.41) is 4.29. The molecule has 0 N–H and O–H groups in total. The molecule has 3 fully saturated rings. The van der Waals surface area contributed by atoms with Crippen molar-refractivity contribution in [1.29, 1.82) is 0 Å². The van der Waals surface area contributed by atoms with E-state index in [9.17, 15) is 9.59 Å². The number of para-hydroxylation sites is 1. The summed E-state index contributed by atoms with van der Waals surface area (Å²) >= 11 is 3.41. The number of halogens is 1. The Hall–Kier alpha value is -2.22. The van der Waals surface area contributed by atoms with Crippen molar-refractivity contribution in [2.75, 3.05) is 25.1 Å². The van der Waals surface area contributed by atoms with Crippen LogP contribution < -0.4 is 9.64 Å². The highest BCUT2D eigenvalue weighted by Gasteiger charge is 2.63. The monoisotopic (exact) mass is 441 g/mol. The number of methoxy groups -OCH3 is 1. The van der Waals surface area contributed by atoms with Crippen molar-refractivity contribution in [3.63, 3.8) is 0 Å². The van der Waals surface area contributed by atoms with Crippen molar-refractivity contribution in [2.24, 2.45) is 5.92 Å². The topological polar surface area (TPSA) is 53.1 Å². The van der Waals surface area contributed by atoms with Crippen molar-refractivity contribution in [1.82, 2.24) is 10.0 Å². The molecule has 3 atom stereocenters. The summed E-state index contributed by atoms with van der Waals surface area (Å²) in [4.78, 5) is 28.2. The van der Waals surface area contributed by atoms with Gasteiger partial charge in [-0.3, -0.25) is 9.59 Å². The number of carbonyl (C=O) groups excluding carboxylic acids is 2. The van der Waals surface area contributed by atoms with E-state index >= 15 is 0 Å². The number of hydrazine groups is 1. The van der Waals surface area contributed by atoms with Crippen LogP contribution in [0.25, 0.3) is 0 Å². The molecule has 3 aliphatic heterocycles. The number of ether oxygens (including phenoxy) is 1. The van der Waals surface area contributed by atoms with Gasteiger partial charge in [0.2, 0.25) is 5.91 Å². The standard InChI is InChI=1S/C21H20BrN3O3/c1-28-16-6-3-2-5-15(16)18-17-19(24-12-4-11-23(18)24)21(27)25(20(17)26)14-9-7-13(22)8-10-14/h2-3,5-10,17-19H,4,11-12H2,1H3/t17-,18+,19-/m0/s1. The summed E-state index contributed by atoms with van der Waals surface area (Å²) < 4.78 is 6.49. The number of amides is 2. The van der Waals surface area contributed by atoms with Gasteiger partial charge < -0.3 is 4.74 Å². The first-order valence-corrected chi connectivity index (χ1v) is 10.2. The Morgan fingerprint density at radius 2 is 1.61 bits per heavy atom. The van der Waals surface area contributed by atoms with Gasteiger partial charge in [0.15, 0.2) is 0 Å². The van der Waals surface area contributed by atoms with E-state index in [-0.39, 0.29) is 17.9 Å². The predicted molar refractivity (Wildman–Crippen MR) is 108 cm³/mol. The van der Waals surface area contributed by atoms with Gasteiger partial charge in [0.1, 0.15) is 11.8 Å². The number of imide groups is 1. The van der Waals surface area contributed by atoms with Crippen LogP contribution in [0.15, 0.2) is 53.0 Å². The zero-order valence-electron chi connectivity index (χ0n) is 15.4. The summed E-state index contributed by atoms with van der Waals surface area (Å²) in [7, 11) is 1.64. The van der Waals surface area contributed by atoms with Gasteiger partial charge in [-0.05, 0) is 36.8 Å². The Bertz CT molecular complexity index is 948. The maximum absolute atomic E-state index is 13.5. The second-order valence-corrected chi connectivity index (χ2v) is 8.24. The number of hydrogen-bond donors (Lipinski definition) is 0. The Labute approximate surface area is 171 Å². The van der Waals surface area contributed by atoms with Gasteiger partial charge in [-0.2, -0.15) is 0 Å². The van der Waals surface area contributed by atoms with Crippen LogP contribution in [-0.2, 0) is 9.59 Å². The highest BCUT2D eigenvalue weighted by Crippen LogP contribution is 2.50. The van der Waals surface area contributed by atoms with Gasteiger partial charge in [0.25, 0.3) is 5.91 Å². The van der Waals surface area contributed by atoms with E-state index in [2.05, 4.69) is 25.9 Å². The number of fused-ring (bicyclic) bond motifs is 3. The third-order valence-corrected chi connectivity index (χ3v) is 6.48. The van der Waals surface area contributed by atoms with E-state index in [1.54, 1.807) is 19.2 Å². The third-order valence-electron chi connectivity index (χ3n) is 5.95. The summed E-state index contributed by atoms with van der Waals surface area (Å²) in [5.41, 5.74) is 1.58. The van der Waals surface area contributed by atoms with Gasteiger partial charge in [-0.25, -0.2) is 14.9 Å². The molecule has 3 heterocycles. The lowest BCUT2D eigenvalue weighted by molar-refractivity contribution is -0.126. The maximum Gasteiger partial charge on any atom is 0.253 e. The van der Waals surface area contributed by atoms with E-state index < -0.39 is 12.0 Å². The van der Waals surface area contributed by atoms with E-state index in [0.29, 0.717) is 5.69 Å². The SMILES string of the molecule is COc1ccccc1[C@@H]1[C@@H]2C(=O)N(c3ccc(Br)cc3)C(=O)[C@H]2N2CCCN12. The number of anilines is 1. The van der Waals surface area contributed by atoms with Gasteiger partial charge >= 0.3 is 0 Å². The number of rotatable bonds is 3. The van der Waals surface area contributed by atoms with Crippen LogP contribution in [-0.4, -0.2) is 48.1 Å². The first kappa shape index (κ1) is 17.8. The van der Waals surface area contributed by atoms with E-state index in [4.69, 9.17) is 4.74 Å². The molecule has 0 aromatic heterocycles. The molecule has 0 aliphatic carbocycles. The molecule has 5 rings (SSSR count). The quantitative estimate of drug-likeness (QED) is 0.685. The van der Waals surface area contributed by atoms with Gasteiger partial charge in [0, 0.05) is 23.1 Å². The first-order chi connectivity index (χ1) is 13.6. The van der Waals surface area contributed by atoms with E-state index in [0.717, 1.165) is 35.3 Å². The summed E-state index contributed by atoms with van der Waals surface area (Å²) in [6.07, 6.45) is 0.981. The molecule has 28 heavy (non-hydrogen) atoms. The smallest absolute Gasteiger partial charge is 0.253 e. The normalized spacial score (nSPS) is 27.4. The van der Waals surface area contributed by atoms with Crippen LogP contribution in [0.4, 0.5) is 5.69 Å². The molecule has 7 heteroatoms. The molecule has 2 aromatic carbocycles. The molecule has 3 saturated heterocycles. The van der Waals surface area contributed by atoms with Crippen LogP contribution in [0.2, 0.25) is 0 Å². The fourth-order valence-corrected chi connectivity index (χ4v) is 5.11. The number of benzene rings is 2. The predicted octanol–water partition coefficient (Wildman–Crippen LogP) is 2.99. The van der Waals surface area contributed by atoms with Crippen molar-refractivity contribution in [2.45, 2.75) is 18.5 Å². The molecule has 2 amide bonds. The van der Waals surface area contributed by atoms with Gasteiger partial charge in [0.05, 0.1) is 24.8 Å². The molecule has 0 bridgehead atoms. The number of nitrogens with zero attached hydrogens (tertiary/aromatic N) is 3. The molecule has 6 nitrogen and oxygen atoms in total. The molecule has 0 radical (unpaired) electrons. The fourth-order valence-electron chi connectivity index (χ4n) is 4.84. The Balaban J connectivity index is 1.60. The van der Waals surface area contributed by atoms with E-state index in [1.165, 1.54) is 4.90 Å². The Morgan fingerprint density at radius 3 is 2.32 bits per heavy atom. The van der Waals surface area contributed by atoms with Crippen LogP contribution in [0.1, 0.15) is 18.0 Å². The van der Waals surface area contributed by atoms with Crippen LogP contribution in [0, 0.1) is 5.92 Å². The molecule has 144 valence electrons. The lowest BCUT2D eigenvalue weighted by Gasteiger charge is -2.30. The summed E-state index contributed by atoms with van der Waals surface area (Å²) in [6, 6.07) is 14.5. The van der Waals surface area contributed by atoms with Crippen molar-refractivity contribution < 1.29 is 14.3 Å². The number of carbonyl (C=O) groups is 2.